The predicted molar refractivity (Wildman–Crippen MR) is 82.3 cm³/mol. The number of amides is 2. The molecule has 3 N–H and O–H groups in total. The van der Waals surface area contributed by atoms with Crippen molar-refractivity contribution in [2.75, 3.05) is 6.54 Å². The second-order valence-electron chi connectivity index (χ2n) is 4.86. The molecular weight excluding hydrogens is 318 g/mol. The van der Waals surface area contributed by atoms with Crippen molar-refractivity contribution < 1.29 is 24.0 Å². The number of rotatable bonds is 7. The van der Waals surface area contributed by atoms with Crippen molar-refractivity contribution in [2.24, 2.45) is 0 Å². The third-order valence-corrected chi connectivity index (χ3v) is 3.17. The maximum Gasteiger partial charge on any atom is 0.270 e. The topological polar surface area (TPSA) is 135 Å². The smallest absolute Gasteiger partial charge is 0.270 e. The molecule has 1 heterocycles. The second-order valence-corrected chi connectivity index (χ2v) is 4.86. The van der Waals surface area contributed by atoms with Gasteiger partial charge in [0, 0.05) is 37.2 Å². The summed E-state index contributed by atoms with van der Waals surface area (Å²) < 4.78 is 4.78. The molecule has 0 atom stereocenters. The van der Waals surface area contributed by atoms with E-state index in [1.165, 1.54) is 36.8 Å². The average Bonchev–Trinajstić information content (AvgIpc) is 3.08. The summed E-state index contributed by atoms with van der Waals surface area (Å²) in [6, 6.07) is 5.06. The van der Waals surface area contributed by atoms with Gasteiger partial charge in [-0.15, -0.1) is 0 Å². The first-order valence-corrected chi connectivity index (χ1v) is 7.00. The highest BCUT2D eigenvalue weighted by Gasteiger charge is 2.12. The highest BCUT2D eigenvalue weighted by molar-refractivity contribution is 5.94. The summed E-state index contributed by atoms with van der Waals surface area (Å²) >= 11 is 0. The van der Waals surface area contributed by atoms with Gasteiger partial charge in [0.25, 0.3) is 11.6 Å². The van der Waals surface area contributed by atoms with E-state index >= 15 is 0 Å². The van der Waals surface area contributed by atoms with Crippen LogP contribution in [0.4, 0.5) is 5.69 Å². The highest BCUT2D eigenvalue weighted by atomic mass is 16.6. The van der Waals surface area contributed by atoms with Crippen LogP contribution in [0, 0.1) is 10.1 Å². The number of carbonyl (C=O) groups excluding carboxylic acids is 2. The maximum atomic E-state index is 11.7. The van der Waals surface area contributed by atoms with Crippen LogP contribution < -0.4 is 10.6 Å². The molecule has 9 nitrogen and oxygen atoms in total. The van der Waals surface area contributed by atoms with E-state index in [0.717, 1.165) is 0 Å². The van der Waals surface area contributed by atoms with Gasteiger partial charge < -0.3 is 20.2 Å². The van der Waals surface area contributed by atoms with Crippen LogP contribution in [0.3, 0.4) is 0 Å². The number of nitrogens with one attached hydrogen (secondary N) is 2. The van der Waals surface area contributed by atoms with Gasteiger partial charge in [0.1, 0.15) is 12.0 Å². The molecule has 1 aromatic heterocycles. The predicted octanol–water partition coefficient (Wildman–Crippen LogP) is 1.33. The summed E-state index contributed by atoms with van der Waals surface area (Å²) in [5, 5.41) is 25.4. The minimum Gasteiger partial charge on any atom is -0.508 e. The third kappa shape index (κ3) is 4.57. The van der Waals surface area contributed by atoms with E-state index in [1.54, 1.807) is 0 Å². The maximum absolute atomic E-state index is 11.7. The van der Waals surface area contributed by atoms with Crippen LogP contribution in [0.1, 0.15) is 22.3 Å². The first-order valence-electron chi connectivity index (χ1n) is 7.00. The van der Waals surface area contributed by atoms with E-state index in [4.69, 9.17) is 4.42 Å². The third-order valence-electron chi connectivity index (χ3n) is 3.17. The summed E-state index contributed by atoms with van der Waals surface area (Å²) in [5.41, 5.74) is 0.418. The quantitative estimate of drug-likeness (QED) is 0.517. The fraction of sp³-hybridized carbons (Fsp3) is 0.200. The first kappa shape index (κ1) is 17.0. The van der Waals surface area contributed by atoms with Crippen LogP contribution in [0.25, 0.3) is 0 Å². The Balaban J connectivity index is 1.78. The molecule has 9 heteroatoms. The average molecular weight is 333 g/mol. The zero-order valence-corrected chi connectivity index (χ0v) is 12.5. The molecule has 0 saturated heterocycles. The highest BCUT2D eigenvalue weighted by Crippen LogP contribution is 2.22. The molecule has 0 aliphatic rings. The van der Waals surface area contributed by atoms with Crippen molar-refractivity contribution in [3.63, 3.8) is 0 Å². The standard InChI is InChI=1S/C15H15N3O6/c19-13-2-1-12(18(22)23)7-11(13)8-17-14(20)3-5-16-15(21)10-4-6-24-9-10/h1-2,4,6-7,9,19H,3,5,8H2,(H,16,21)(H,17,20). The summed E-state index contributed by atoms with van der Waals surface area (Å²) in [4.78, 5) is 33.4. The summed E-state index contributed by atoms with van der Waals surface area (Å²) in [5.74, 6) is -0.865. The van der Waals surface area contributed by atoms with Crippen molar-refractivity contribution >= 4 is 17.5 Å². The Kier molecular flexibility index (Phi) is 5.50. The van der Waals surface area contributed by atoms with Crippen LogP contribution in [0.15, 0.2) is 41.2 Å². The number of hydrogen-bond acceptors (Lipinski definition) is 6. The van der Waals surface area contributed by atoms with Gasteiger partial charge in [0.15, 0.2) is 0 Å². The normalized spacial score (nSPS) is 10.2. The molecule has 0 fully saturated rings. The molecule has 0 saturated carbocycles. The monoisotopic (exact) mass is 333 g/mol. The van der Waals surface area contributed by atoms with Gasteiger partial charge in [-0.05, 0) is 12.1 Å². The molecule has 0 unspecified atom stereocenters. The first-order chi connectivity index (χ1) is 11.5. The van der Waals surface area contributed by atoms with Gasteiger partial charge in [-0.25, -0.2) is 0 Å². The number of hydrogen-bond donors (Lipinski definition) is 3. The van der Waals surface area contributed by atoms with E-state index in [-0.39, 0.29) is 48.3 Å². The number of carbonyl (C=O) groups is 2. The molecule has 126 valence electrons. The van der Waals surface area contributed by atoms with Gasteiger partial charge in [0.2, 0.25) is 5.91 Å². The second kappa shape index (κ2) is 7.77. The van der Waals surface area contributed by atoms with Gasteiger partial charge in [-0.2, -0.15) is 0 Å². The Bertz CT molecular complexity index is 742. The summed E-state index contributed by atoms with van der Waals surface area (Å²) in [7, 11) is 0. The van der Waals surface area contributed by atoms with Crippen molar-refractivity contribution in [3.05, 3.63) is 58.0 Å². The molecule has 0 spiro atoms. The molecule has 2 amide bonds. The molecule has 2 aromatic rings. The molecule has 1 aromatic carbocycles. The molecule has 2 rings (SSSR count). The molecular formula is C15H15N3O6. The van der Waals surface area contributed by atoms with Crippen molar-refractivity contribution in [3.8, 4) is 5.75 Å². The Morgan fingerprint density at radius 3 is 2.71 bits per heavy atom. The molecule has 0 bridgehead atoms. The molecule has 0 aliphatic heterocycles. The number of benzene rings is 1. The summed E-state index contributed by atoms with van der Waals surface area (Å²) in [6.07, 6.45) is 2.69. The molecule has 0 radical (unpaired) electrons. The lowest BCUT2D eigenvalue weighted by atomic mass is 10.1. The largest absolute Gasteiger partial charge is 0.508 e. The fourth-order valence-corrected chi connectivity index (χ4v) is 1.89. The Morgan fingerprint density at radius 1 is 1.25 bits per heavy atom. The van der Waals surface area contributed by atoms with E-state index in [1.807, 2.05) is 0 Å². The minimum atomic E-state index is -0.587. The van der Waals surface area contributed by atoms with Crippen LogP contribution in [-0.2, 0) is 11.3 Å². The van der Waals surface area contributed by atoms with E-state index in [9.17, 15) is 24.8 Å². The van der Waals surface area contributed by atoms with Crippen LogP contribution >= 0.6 is 0 Å². The van der Waals surface area contributed by atoms with Crippen LogP contribution in [0.2, 0.25) is 0 Å². The number of nitrogens with zero attached hydrogens (tertiary/aromatic N) is 1. The van der Waals surface area contributed by atoms with E-state index in [2.05, 4.69) is 10.6 Å². The van der Waals surface area contributed by atoms with Crippen molar-refractivity contribution in [2.45, 2.75) is 13.0 Å². The molecule has 0 aliphatic carbocycles. The van der Waals surface area contributed by atoms with Gasteiger partial charge in [-0.1, -0.05) is 0 Å². The van der Waals surface area contributed by atoms with Gasteiger partial charge in [0.05, 0.1) is 16.7 Å². The number of aromatic hydroxyl groups is 1. The Hall–Kier alpha value is -3.36. The lowest BCUT2D eigenvalue weighted by Crippen LogP contribution is -2.30. The number of phenols is 1. The van der Waals surface area contributed by atoms with Gasteiger partial charge >= 0.3 is 0 Å². The lowest BCUT2D eigenvalue weighted by molar-refractivity contribution is -0.384. The Labute approximate surface area is 136 Å². The number of furan rings is 1. The SMILES string of the molecule is O=C(CCNC(=O)c1ccoc1)NCc1cc([N+](=O)[O-])ccc1O. The number of nitro groups is 1. The van der Waals surface area contributed by atoms with Gasteiger partial charge in [-0.3, -0.25) is 19.7 Å². The van der Waals surface area contributed by atoms with Crippen molar-refractivity contribution in [1.82, 2.24) is 10.6 Å². The molecule has 24 heavy (non-hydrogen) atoms. The Morgan fingerprint density at radius 2 is 2.04 bits per heavy atom. The fourth-order valence-electron chi connectivity index (χ4n) is 1.89. The summed E-state index contributed by atoms with van der Waals surface area (Å²) in [6.45, 7) is 0.0682. The number of nitro benzene ring substituents is 1. The lowest BCUT2D eigenvalue weighted by Gasteiger charge is -2.07. The zero-order valence-electron chi connectivity index (χ0n) is 12.5. The van der Waals surface area contributed by atoms with E-state index < -0.39 is 4.92 Å². The van der Waals surface area contributed by atoms with Crippen LogP contribution in [-0.4, -0.2) is 28.4 Å². The number of non-ortho nitro benzene ring substituents is 1. The minimum absolute atomic E-state index is 0.0271. The van der Waals surface area contributed by atoms with Crippen LogP contribution in [0.5, 0.6) is 5.75 Å². The number of phenolic OH excluding ortho intramolecular Hbond substituents is 1. The van der Waals surface area contributed by atoms with Crippen molar-refractivity contribution in [1.29, 1.82) is 0 Å². The zero-order chi connectivity index (χ0) is 17.5. The van der Waals surface area contributed by atoms with E-state index in [0.29, 0.717) is 5.56 Å².